The maximum Gasteiger partial charge on any atom is 0.409 e. The Labute approximate surface area is 138 Å². The molecule has 1 aliphatic rings. The van der Waals surface area contributed by atoms with Gasteiger partial charge < -0.3 is 23.7 Å². The summed E-state index contributed by atoms with van der Waals surface area (Å²) in [5, 5.41) is 2.36. The molecule has 10 nitrogen and oxygen atoms in total. The van der Waals surface area contributed by atoms with Crippen molar-refractivity contribution < 1.29 is 42.9 Å². The van der Waals surface area contributed by atoms with Crippen LogP contribution in [0.1, 0.15) is 27.7 Å². The first kappa shape index (κ1) is 19.7. The third-order valence-electron chi connectivity index (χ3n) is 2.89. The molecule has 1 amide bonds. The zero-order valence-corrected chi connectivity index (χ0v) is 13.9. The molecule has 1 aliphatic heterocycles. The van der Waals surface area contributed by atoms with Gasteiger partial charge in [-0.05, 0) is 6.92 Å². The second kappa shape index (κ2) is 9.06. The van der Waals surface area contributed by atoms with E-state index in [1.807, 2.05) is 0 Å². The van der Waals surface area contributed by atoms with Crippen molar-refractivity contribution in [2.24, 2.45) is 0 Å². The molecule has 0 unspecified atom stereocenters. The zero-order chi connectivity index (χ0) is 18.3. The van der Waals surface area contributed by atoms with Gasteiger partial charge in [-0.2, -0.15) is 0 Å². The molecular formula is C14H21NO9. The Morgan fingerprint density at radius 3 is 2.00 bits per heavy atom. The number of nitrogens with one attached hydrogen (secondary N) is 1. The van der Waals surface area contributed by atoms with Crippen molar-refractivity contribution in [3.05, 3.63) is 0 Å². The first-order valence-corrected chi connectivity index (χ1v) is 7.31. The van der Waals surface area contributed by atoms with Gasteiger partial charge in [-0.15, -0.1) is 0 Å². The lowest BCUT2D eigenvalue weighted by atomic mass is 10.0. The molecule has 1 saturated heterocycles. The van der Waals surface area contributed by atoms with Crippen molar-refractivity contribution >= 4 is 24.0 Å². The molecule has 10 heteroatoms. The molecular weight excluding hydrogens is 326 g/mol. The Morgan fingerprint density at radius 2 is 1.50 bits per heavy atom. The highest BCUT2D eigenvalue weighted by Gasteiger charge is 2.47. The summed E-state index contributed by atoms with van der Waals surface area (Å²) in [5.74, 6) is -2.00. The maximum atomic E-state index is 11.6. The summed E-state index contributed by atoms with van der Waals surface area (Å²) in [4.78, 5) is 45.5. The number of rotatable bonds is 5. The molecule has 0 spiro atoms. The lowest BCUT2D eigenvalue weighted by Gasteiger charge is -2.40. The standard InChI is InChI=1S/C14H21NO9/c1-5-20-14(19)15-13-12(24-9(4)18)11(23-8(3)17)10(6-21-13)22-7(2)16/h10-13H,5-6H2,1-4H3,(H,15,19)/t10-,11-,12-,13+/m0/s1. The van der Waals surface area contributed by atoms with Gasteiger partial charge in [0, 0.05) is 20.8 Å². The average molecular weight is 347 g/mol. The Morgan fingerprint density at radius 1 is 0.958 bits per heavy atom. The number of ether oxygens (including phenoxy) is 5. The van der Waals surface area contributed by atoms with Gasteiger partial charge in [0.25, 0.3) is 0 Å². The fourth-order valence-electron chi connectivity index (χ4n) is 2.15. The Bertz CT molecular complexity index is 493. The largest absolute Gasteiger partial charge is 0.456 e. The van der Waals surface area contributed by atoms with Crippen LogP contribution in [0.2, 0.25) is 0 Å². The number of carbonyl (C=O) groups is 4. The summed E-state index contributed by atoms with van der Waals surface area (Å²) in [7, 11) is 0. The minimum Gasteiger partial charge on any atom is -0.456 e. The molecule has 0 aromatic carbocycles. The van der Waals surface area contributed by atoms with Crippen LogP contribution in [-0.2, 0) is 38.1 Å². The monoisotopic (exact) mass is 347 g/mol. The van der Waals surface area contributed by atoms with Crippen molar-refractivity contribution in [1.29, 1.82) is 0 Å². The van der Waals surface area contributed by atoms with E-state index < -0.39 is 48.5 Å². The average Bonchev–Trinajstić information content (AvgIpc) is 2.44. The van der Waals surface area contributed by atoms with E-state index in [1.54, 1.807) is 6.92 Å². The van der Waals surface area contributed by atoms with Crippen molar-refractivity contribution in [3.63, 3.8) is 0 Å². The highest BCUT2D eigenvalue weighted by molar-refractivity contribution is 5.69. The highest BCUT2D eigenvalue weighted by Crippen LogP contribution is 2.23. The van der Waals surface area contributed by atoms with E-state index in [0.717, 1.165) is 13.8 Å². The lowest BCUT2D eigenvalue weighted by Crippen LogP contribution is -2.62. The van der Waals surface area contributed by atoms with E-state index in [2.05, 4.69) is 5.32 Å². The van der Waals surface area contributed by atoms with Gasteiger partial charge >= 0.3 is 24.0 Å². The van der Waals surface area contributed by atoms with E-state index in [4.69, 9.17) is 23.7 Å². The van der Waals surface area contributed by atoms with Crippen LogP contribution in [0.15, 0.2) is 0 Å². The minimum absolute atomic E-state index is 0.125. The van der Waals surface area contributed by atoms with Crippen molar-refractivity contribution in [1.82, 2.24) is 5.32 Å². The highest BCUT2D eigenvalue weighted by atomic mass is 16.6. The number of carbonyl (C=O) groups excluding carboxylic acids is 4. The fourth-order valence-corrected chi connectivity index (χ4v) is 2.15. The quantitative estimate of drug-likeness (QED) is 0.535. The predicted molar refractivity (Wildman–Crippen MR) is 76.6 cm³/mol. The smallest absolute Gasteiger partial charge is 0.409 e. The third kappa shape index (κ3) is 6.03. The summed E-state index contributed by atoms with van der Waals surface area (Å²) < 4.78 is 25.4. The molecule has 4 atom stereocenters. The van der Waals surface area contributed by atoms with Crippen molar-refractivity contribution in [2.75, 3.05) is 13.2 Å². The summed E-state index contributed by atoms with van der Waals surface area (Å²) >= 11 is 0. The molecule has 1 N–H and O–H groups in total. The summed E-state index contributed by atoms with van der Waals surface area (Å²) in [5.41, 5.74) is 0. The van der Waals surface area contributed by atoms with E-state index >= 15 is 0 Å². The first-order valence-electron chi connectivity index (χ1n) is 7.31. The van der Waals surface area contributed by atoms with Gasteiger partial charge in [0.15, 0.2) is 24.5 Å². The number of alkyl carbamates (subject to hydrolysis) is 1. The molecule has 0 aromatic rings. The lowest BCUT2D eigenvalue weighted by molar-refractivity contribution is -0.228. The Hall–Kier alpha value is -2.36. The summed E-state index contributed by atoms with van der Waals surface area (Å²) in [6, 6.07) is 0. The fraction of sp³-hybridized carbons (Fsp3) is 0.714. The third-order valence-corrected chi connectivity index (χ3v) is 2.89. The Kier molecular flexibility index (Phi) is 7.43. The molecule has 1 heterocycles. The zero-order valence-electron chi connectivity index (χ0n) is 13.9. The topological polar surface area (TPSA) is 126 Å². The van der Waals surface area contributed by atoms with E-state index in [1.165, 1.54) is 6.92 Å². The molecule has 0 saturated carbocycles. The van der Waals surface area contributed by atoms with E-state index in [0.29, 0.717) is 0 Å². The normalized spacial score (nSPS) is 26.0. The Balaban J connectivity index is 3.01. The van der Waals surface area contributed by atoms with Crippen LogP contribution in [0.5, 0.6) is 0 Å². The molecule has 1 fully saturated rings. The van der Waals surface area contributed by atoms with Gasteiger partial charge in [-0.1, -0.05) is 0 Å². The minimum atomic E-state index is -1.21. The SMILES string of the molecule is CCOC(=O)N[C@@H]1OC[C@H](OC(C)=O)[C@H](OC(C)=O)[C@@H]1OC(C)=O. The number of esters is 3. The van der Waals surface area contributed by atoms with Gasteiger partial charge in [-0.25, -0.2) is 4.79 Å². The second-order valence-electron chi connectivity index (χ2n) is 4.91. The van der Waals surface area contributed by atoms with Gasteiger partial charge in [0.05, 0.1) is 13.2 Å². The van der Waals surface area contributed by atoms with Crippen molar-refractivity contribution in [2.45, 2.75) is 52.2 Å². The van der Waals surface area contributed by atoms with Crippen LogP contribution in [0, 0.1) is 0 Å². The van der Waals surface area contributed by atoms with Crippen LogP contribution in [0.25, 0.3) is 0 Å². The molecule has 0 aromatic heterocycles. The van der Waals surface area contributed by atoms with E-state index in [9.17, 15) is 19.2 Å². The number of hydrogen-bond donors (Lipinski definition) is 1. The maximum absolute atomic E-state index is 11.6. The predicted octanol–water partition coefficient (Wildman–Crippen LogP) is -0.116. The number of hydrogen-bond acceptors (Lipinski definition) is 9. The van der Waals surface area contributed by atoms with Gasteiger partial charge in [-0.3, -0.25) is 19.7 Å². The molecule has 1 rings (SSSR count). The molecule has 0 radical (unpaired) electrons. The van der Waals surface area contributed by atoms with Crippen LogP contribution in [-0.4, -0.2) is 61.8 Å². The van der Waals surface area contributed by atoms with Crippen molar-refractivity contribution in [3.8, 4) is 0 Å². The van der Waals surface area contributed by atoms with Gasteiger partial charge in [0.2, 0.25) is 0 Å². The van der Waals surface area contributed by atoms with Crippen LogP contribution < -0.4 is 5.32 Å². The number of amides is 1. The molecule has 0 aliphatic carbocycles. The van der Waals surface area contributed by atoms with Crippen LogP contribution in [0.3, 0.4) is 0 Å². The second-order valence-corrected chi connectivity index (χ2v) is 4.91. The first-order chi connectivity index (χ1) is 11.2. The molecule has 24 heavy (non-hydrogen) atoms. The van der Waals surface area contributed by atoms with E-state index in [-0.39, 0.29) is 13.2 Å². The van der Waals surface area contributed by atoms with Crippen LogP contribution >= 0.6 is 0 Å². The van der Waals surface area contributed by atoms with Gasteiger partial charge in [0.1, 0.15) is 0 Å². The van der Waals surface area contributed by atoms with Crippen LogP contribution in [0.4, 0.5) is 4.79 Å². The molecule has 136 valence electrons. The summed E-state index contributed by atoms with van der Waals surface area (Å²) in [6.07, 6.45) is -5.28. The summed E-state index contributed by atoms with van der Waals surface area (Å²) in [6.45, 7) is 5.03. The molecule has 0 bridgehead atoms.